The molecule has 3 rings (SSSR count). The second-order valence-electron chi connectivity index (χ2n) is 5.25. The SMILES string of the molecule is Cc1cc(COC(=O)c2ccccc2C(=O)c2ccccc2)no1. The third kappa shape index (κ3) is 3.41. The summed E-state index contributed by atoms with van der Waals surface area (Å²) in [4.78, 5) is 25.0. The topological polar surface area (TPSA) is 69.4 Å². The van der Waals surface area contributed by atoms with Crippen molar-refractivity contribution in [2.45, 2.75) is 13.5 Å². The number of ketones is 1. The standard InChI is InChI=1S/C19H15NO4/c1-13-11-15(20-24-13)12-23-19(22)17-10-6-5-9-16(17)18(21)14-7-3-2-4-8-14/h2-11H,12H2,1H3. The summed E-state index contributed by atoms with van der Waals surface area (Å²) in [7, 11) is 0. The lowest BCUT2D eigenvalue weighted by molar-refractivity contribution is 0.0461. The molecule has 24 heavy (non-hydrogen) atoms. The number of carbonyl (C=O) groups is 2. The molecule has 0 unspecified atom stereocenters. The minimum absolute atomic E-state index is 0.00989. The summed E-state index contributed by atoms with van der Waals surface area (Å²) in [5, 5.41) is 3.77. The number of esters is 1. The molecular formula is C19H15NO4. The predicted octanol–water partition coefficient (Wildman–Crippen LogP) is 3.57. The van der Waals surface area contributed by atoms with Gasteiger partial charge in [0.05, 0.1) is 5.56 Å². The fourth-order valence-electron chi connectivity index (χ4n) is 2.31. The Kier molecular flexibility index (Phi) is 4.52. The predicted molar refractivity (Wildman–Crippen MR) is 86.7 cm³/mol. The van der Waals surface area contributed by atoms with Gasteiger partial charge in [-0.3, -0.25) is 4.79 Å². The molecule has 1 heterocycles. The zero-order valence-electron chi connectivity index (χ0n) is 13.1. The third-order valence-corrected chi connectivity index (χ3v) is 3.46. The smallest absolute Gasteiger partial charge is 0.339 e. The van der Waals surface area contributed by atoms with Gasteiger partial charge in [-0.15, -0.1) is 0 Å². The maximum atomic E-state index is 12.6. The van der Waals surface area contributed by atoms with Gasteiger partial charge in [-0.2, -0.15) is 0 Å². The molecule has 1 aromatic heterocycles. The Labute approximate surface area is 138 Å². The van der Waals surface area contributed by atoms with E-state index in [0.717, 1.165) is 0 Å². The minimum Gasteiger partial charge on any atom is -0.455 e. The zero-order valence-corrected chi connectivity index (χ0v) is 13.1. The zero-order chi connectivity index (χ0) is 16.9. The highest BCUT2D eigenvalue weighted by molar-refractivity contribution is 6.14. The van der Waals surface area contributed by atoms with Crippen molar-refractivity contribution in [3.63, 3.8) is 0 Å². The Morgan fingerprint density at radius 2 is 1.67 bits per heavy atom. The van der Waals surface area contributed by atoms with E-state index in [-0.39, 0.29) is 18.0 Å². The summed E-state index contributed by atoms with van der Waals surface area (Å²) in [6.45, 7) is 1.75. The fraction of sp³-hybridized carbons (Fsp3) is 0.105. The molecule has 5 heteroatoms. The minimum atomic E-state index is -0.574. The highest BCUT2D eigenvalue weighted by Crippen LogP contribution is 2.16. The molecule has 0 amide bonds. The van der Waals surface area contributed by atoms with E-state index in [4.69, 9.17) is 9.26 Å². The average Bonchev–Trinajstić information content (AvgIpc) is 3.05. The van der Waals surface area contributed by atoms with E-state index >= 15 is 0 Å². The van der Waals surface area contributed by atoms with Gasteiger partial charge in [0.15, 0.2) is 5.78 Å². The molecule has 0 bridgehead atoms. The van der Waals surface area contributed by atoms with Crippen molar-refractivity contribution in [3.05, 3.63) is 88.8 Å². The number of aromatic nitrogens is 1. The summed E-state index contributed by atoms with van der Waals surface area (Å²) in [6.07, 6.45) is 0. The van der Waals surface area contributed by atoms with Gasteiger partial charge in [0.1, 0.15) is 18.1 Å². The Morgan fingerprint density at radius 1 is 1.00 bits per heavy atom. The number of benzene rings is 2. The van der Waals surface area contributed by atoms with Crippen molar-refractivity contribution < 1.29 is 18.8 Å². The van der Waals surface area contributed by atoms with Crippen LogP contribution >= 0.6 is 0 Å². The van der Waals surface area contributed by atoms with Crippen LogP contribution in [0, 0.1) is 6.92 Å². The lowest BCUT2D eigenvalue weighted by Crippen LogP contribution is -2.12. The Bertz CT molecular complexity index is 868. The highest BCUT2D eigenvalue weighted by Gasteiger charge is 2.19. The first-order valence-electron chi connectivity index (χ1n) is 7.43. The number of ether oxygens (including phenoxy) is 1. The number of hydrogen-bond acceptors (Lipinski definition) is 5. The van der Waals surface area contributed by atoms with E-state index in [1.807, 2.05) is 6.07 Å². The molecule has 0 spiro atoms. The van der Waals surface area contributed by atoms with E-state index < -0.39 is 5.97 Å². The van der Waals surface area contributed by atoms with Crippen LogP contribution in [0.3, 0.4) is 0 Å². The molecule has 0 saturated carbocycles. The summed E-state index contributed by atoms with van der Waals surface area (Å²) < 4.78 is 10.2. The number of aryl methyl sites for hydroxylation is 1. The van der Waals surface area contributed by atoms with Crippen LogP contribution < -0.4 is 0 Å². The monoisotopic (exact) mass is 321 g/mol. The van der Waals surface area contributed by atoms with Crippen molar-refractivity contribution in [1.82, 2.24) is 5.16 Å². The lowest BCUT2D eigenvalue weighted by atomic mass is 9.98. The van der Waals surface area contributed by atoms with E-state index in [0.29, 0.717) is 22.6 Å². The molecule has 0 saturated heterocycles. The van der Waals surface area contributed by atoms with Crippen LogP contribution in [0.4, 0.5) is 0 Å². The van der Waals surface area contributed by atoms with Crippen molar-refractivity contribution in [2.75, 3.05) is 0 Å². The normalized spacial score (nSPS) is 10.4. The lowest BCUT2D eigenvalue weighted by Gasteiger charge is -2.08. The first-order chi connectivity index (χ1) is 11.6. The maximum absolute atomic E-state index is 12.6. The van der Waals surface area contributed by atoms with Crippen LogP contribution in [0.5, 0.6) is 0 Å². The molecule has 3 aromatic rings. The molecular weight excluding hydrogens is 306 g/mol. The van der Waals surface area contributed by atoms with E-state index in [1.54, 1.807) is 61.5 Å². The molecule has 0 fully saturated rings. The molecule has 0 aliphatic carbocycles. The molecule has 0 aliphatic heterocycles. The Balaban J connectivity index is 1.81. The summed E-state index contributed by atoms with van der Waals surface area (Å²) in [6, 6.07) is 17.1. The Hall–Kier alpha value is -3.21. The van der Waals surface area contributed by atoms with Crippen LogP contribution in [0.25, 0.3) is 0 Å². The van der Waals surface area contributed by atoms with Crippen LogP contribution in [-0.4, -0.2) is 16.9 Å². The molecule has 5 nitrogen and oxygen atoms in total. The second-order valence-corrected chi connectivity index (χ2v) is 5.25. The van der Waals surface area contributed by atoms with Crippen LogP contribution in [0.2, 0.25) is 0 Å². The van der Waals surface area contributed by atoms with E-state index in [2.05, 4.69) is 5.16 Å². The largest absolute Gasteiger partial charge is 0.455 e. The Morgan fingerprint density at radius 3 is 2.33 bits per heavy atom. The molecule has 120 valence electrons. The first-order valence-corrected chi connectivity index (χ1v) is 7.43. The average molecular weight is 321 g/mol. The second kappa shape index (κ2) is 6.91. The number of nitrogens with zero attached hydrogens (tertiary/aromatic N) is 1. The van der Waals surface area contributed by atoms with Crippen molar-refractivity contribution in [1.29, 1.82) is 0 Å². The van der Waals surface area contributed by atoms with Gasteiger partial charge in [0, 0.05) is 17.2 Å². The molecule has 0 atom stereocenters. The summed E-state index contributed by atoms with van der Waals surface area (Å²) in [5.41, 5.74) is 1.58. The van der Waals surface area contributed by atoms with Crippen molar-refractivity contribution in [2.24, 2.45) is 0 Å². The van der Waals surface area contributed by atoms with Gasteiger partial charge in [0.2, 0.25) is 0 Å². The van der Waals surface area contributed by atoms with Crippen LogP contribution in [0.15, 0.2) is 65.2 Å². The summed E-state index contributed by atoms with van der Waals surface area (Å²) >= 11 is 0. The number of rotatable bonds is 5. The van der Waals surface area contributed by atoms with Gasteiger partial charge in [0.25, 0.3) is 0 Å². The fourth-order valence-corrected chi connectivity index (χ4v) is 2.31. The number of hydrogen-bond donors (Lipinski definition) is 0. The van der Waals surface area contributed by atoms with E-state index in [1.165, 1.54) is 0 Å². The molecule has 2 aromatic carbocycles. The molecule has 0 N–H and O–H groups in total. The number of carbonyl (C=O) groups excluding carboxylic acids is 2. The van der Waals surface area contributed by atoms with Gasteiger partial charge in [-0.1, -0.05) is 53.7 Å². The molecule has 0 radical (unpaired) electrons. The quantitative estimate of drug-likeness (QED) is 0.531. The van der Waals surface area contributed by atoms with E-state index in [9.17, 15) is 9.59 Å². The highest BCUT2D eigenvalue weighted by atomic mass is 16.5. The van der Waals surface area contributed by atoms with Gasteiger partial charge in [-0.25, -0.2) is 4.79 Å². The van der Waals surface area contributed by atoms with Crippen molar-refractivity contribution >= 4 is 11.8 Å². The van der Waals surface area contributed by atoms with Crippen LogP contribution in [-0.2, 0) is 11.3 Å². The van der Waals surface area contributed by atoms with Gasteiger partial charge in [-0.05, 0) is 13.0 Å². The summed E-state index contributed by atoms with van der Waals surface area (Å²) in [5.74, 6) is -0.156. The third-order valence-electron chi connectivity index (χ3n) is 3.46. The van der Waals surface area contributed by atoms with Gasteiger partial charge >= 0.3 is 5.97 Å². The van der Waals surface area contributed by atoms with Crippen molar-refractivity contribution in [3.8, 4) is 0 Å². The maximum Gasteiger partial charge on any atom is 0.339 e. The van der Waals surface area contributed by atoms with Crippen LogP contribution in [0.1, 0.15) is 37.7 Å². The van der Waals surface area contributed by atoms with Gasteiger partial charge < -0.3 is 9.26 Å². The first kappa shape index (κ1) is 15.7. The molecule has 0 aliphatic rings.